The van der Waals surface area contributed by atoms with Crippen molar-refractivity contribution in [3.63, 3.8) is 0 Å². The number of rotatable bonds is 1. The van der Waals surface area contributed by atoms with Gasteiger partial charge in [0.15, 0.2) is 0 Å². The molecule has 0 aromatic heterocycles. The minimum atomic E-state index is -0.800. The molecule has 59 valence electrons. The molecular weight excluding hydrogens is 162 g/mol. The standard InChI is InChI=1S/C8H9F2Si/c1-11(2)8-4-3-6(9)5-7(8)10/h3-5H,1-2H3. The van der Waals surface area contributed by atoms with E-state index in [0.29, 0.717) is 5.19 Å². The van der Waals surface area contributed by atoms with Crippen molar-refractivity contribution in [1.29, 1.82) is 0 Å². The second-order valence-electron chi connectivity index (χ2n) is 2.62. The van der Waals surface area contributed by atoms with Crippen LogP contribution in [-0.2, 0) is 0 Å². The molecule has 0 heterocycles. The van der Waals surface area contributed by atoms with E-state index in [9.17, 15) is 8.78 Å². The van der Waals surface area contributed by atoms with Gasteiger partial charge in [-0.3, -0.25) is 0 Å². The largest absolute Gasteiger partial charge is 0.207 e. The Morgan fingerprint density at radius 3 is 2.27 bits per heavy atom. The highest BCUT2D eigenvalue weighted by atomic mass is 28.3. The average molecular weight is 171 g/mol. The summed E-state index contributed by atoms with van der Waals surface area (Å²) in [6.45, 7) is 3.95. The van der Waals surface area contributed by atoms with Crippen LogP contribution in [0.3, 0.4) is 0 Å². The molecule has 0 unspecified atom stereocenters. The Labute approximate surface area is 66.5 Å². The Bertz CT molecular complexity index is 258. The lowest BCUT2D eigenvalue weighted by Gasteiger charge is -2.03. The Morgan fingerprint density at radius 2 is 1.82 bits per heavy atom. The molecule has 1 rings (SSSR count). The first kappa shape index (κ1) is 8.39. The molecule has 1 radical (unpaired) electrons. The lowest BCUT2D eigenvalue weighted by Crippen LogP contribution is -2.26. The van der Waals surface area contributed by atoms with Crippen molar-refractivity contribution in [1.82, 2.24) is 0 Å². The average Bonchev–Trinajstić information content (AvgIpc) is 1.85. The van der Waals surface area contributed by atoms with Gasteiger partial charge in [-0.1, -0.05) is 19.2 Å². The smallest absolute Gasteiger partial charge is 0.126 e. The van der Waals surface area contributed by atoms with Crippen LogP contribution in [0.15, 0.2) is 18.2 Å². The molecule has 0 spiro atoms. The van der Waals surface area contributed by atoms with Crippen molar-refractivity contribution in [2.45, 2.75) is 13.1 Å². The van der Waals surface area contributed by atoms with Gasteiger partial charge in [0.25, 0.3) is 0 Å². The van der Waals surface area contributed by atoms with E-state index in [1.807, 2.05) is 13.1 Å². The van der Waals surface area contributed by atoms with Crippen LogP contribution < -0.4 is 5.19 Å². The van der Waals surface area contributed by atoms with Crippen molar-refractivity contribution < 1.29 is 8.78 Å². The maximum Gasteiger partial charge on any atom is 0.126 e. The molecule has 1 aromatic carbocycles. The van der Waals surface area contributed by atoms with Crippen molar-refractivity contribution >= 4 is 14.0 Å². The molecular formula is C8H9F2Si. The maximum absolute atomic E-state index is 12.9. The molecule has 0 saturated carbocycles. The van der Waals surface area contributed by atoms with Crippen LogP contribution in [0.25, 0.3) is 0 Å². The summed E-state index contributed by atoms with van der Waals surface area (Å²) in [4.78, 5) is 0. The van der Waals surface area contributed by atoms with Gasteiger partial charge in [0.2, 0.25) is 0 Å². The van der Waals surface area contributed by atoms with Crippen LogP contribution in [0.1, 0.15) is 0 Å². The molecule has 11 heavy (non-hydrogen) atoms. The van der Waals surface area contributed by atoms with Gasteiger partial charge in [-0.2, -0.15) is 0 Å². The van der Waals surface area contributed by atoms with Gasteiger partial charge in [-0.15, -0.1) is 0 Å². The van der Waals surface area contributed by atoms with Gasteiger partial charge in [-0.25, -0.2) is 8.78 Å². The first-order valence-electron chi connectivity index (χ1n) is 3.37. The van der Waals surface area contributed by atoms with Gasteiger partial charge in [0.1, 0.15) is 11.6 Å². The van der Waals surface area contributed by atoms with Gasteiger partial charge in [-0.05, 0) is 11.3 Å². The molecule has 0 N–H and O–H groups in total. The molecule has 0 aliphatic carbocycles. The Hall–Kier alpha value is -0.703. The molecule has 1 aromatic rings. The molecule has 0 aliphatic heterocycles. The zero-order chi connectivity index (χ0) is 8.43. The summed E-state index contributed by atoms with van der Waals surface area (Å²) < 4.78 is 25.3. The van der Waals surface area contributed by atoms with E-state index in [4.69, 9.17) is 0 Å². The van der Waals surface area contributed by atoms with Crippen molar-refractivity contribution in [3.8, 4) is 0 Å². The van der Waals surface area contributed by atoms with E-state index in [-0.39, 0.29) is 0 Å². The van der Waals surface area contributed by atoms with Crippen molar-refractivity contribution in [2.75, 3.05) is 0 Å². The molecule has 0 amide bonds. The minimum Gasteiger partial charge on any atom is -0.207 e. The van der Waals surface area contributed by atoms with Crippen molar-refractivity contribution in [2.24, 2.45) is 0 Å². The predicted molar refractivity (Wildman–Crippen MR) is 43.5 cm³/mol. The monoisotopic (exact) mass is 171 g/mol. The highest BCUT2D eigenvalue weighted by Gasteiger charge is 2.07. The Kier molecular flexibility index (Phi) is 2.39. The lowest BCUT2D eigenvalue weighted by atomic mass is 10.3. The van der Waals surface area contributed by atoms with Gasteiger partial charge in [0, 0.05) is 6.07 Å². The molecule has 0 bridgehead atoms. The van der Waals surface area contributed by atoms with E-state index in [0.717, 1.165) is 6.07 Å². The Balaban J connectivity index is 3.09. The molecule has 0 saturated heterocycles. The zero-order valence-electron chi connectivity index (χ0n) is 6.49. The number of hydrogen-bond donors (Lipinski definition) is 0. The first-order chi connectivity index (χ1) is 5.11. The van der Waals surface area contributed by atoms with E-state index < -0.39 is 20.4 Å². The number of halogens is 2. The molecule has 0 aliphatic rings. The number of hydrogen-bond acceptors (Lipinski definition) is 0. The lowest BCUT2D eigenvalue weighted by molar-refractivity contribution is 0.588. The Morgan fingerprint density at radius 1 is 1.18 bits per heavy atom. The summed E-state index contributed by atoms with van der Waals surface area (Å²) in [5, 5.41) is 0.663. The fourth-order valence-electron chi connectivity index (χ4n) is 0.895. The minimum absolute atomic E-state index is 0.413. The molecule has 0 atom stereocenters. The zero-order valence-corrected chi connectivity index (χ0v) is 7.49. The van der Waals surface area contributed by atoms with E-state index in [1.54, 1.807) is 0 Å². The van der Waals surface area contributed by atoms with Crippen LogP contribution in [0.5, 0.6) is 0 Å². The quantitative estimate of drug-likeness (QED) is 0.566. The SMILES string of the molecule is C[Si](C)c1ccc(F)cc1F. The predicted octanol–water partition coefficient (Wildman–Crippen LogP) is 1.93. The van der Waals surface area contributed by atoms with Crippen LogP contribution in [0.2, 0.25) is 13.1 Å². The molecule has 0 nitrogen and oxygen atoms in total. The first-order valence-corrected chi connectivity index (χ1v) is 5.87. The third kappa shape index (κ3) is 1.86. The number of benzene rings is 1. The van der Waals surface area contributed by atoms with Crippen LogP contribution >= 0.6 is 0 Å². The van der Waals surface area contributed by atoms with E-state index >= 15 is 0 Å². The second-order valence-corrected chi connectivity index (χ2v) is 5.16. The molecule has 3 heteroatoms. The van der Waals surface area contributed by atoms with Crippen LogP contribution in [0.4, 0.5) is 8.78 Å². The highest BCUT2D eigenvalue weighted by Crippen LogP contribution is 2.00. The summed E-state index contributed by atoms with van der Waals surface area (Å²) in [5.74, 6) is -0.918. The van der Waals surface area contributed by atoms with Crippen LogP contribution in [0, 0.1) is 11.6 Å². The second kappa shape index (κ2) is 3.13. The normalized spacial score (nSPS) is 10.6. The van der Waals surface area contributed by atoms with Gasteiger partial charge >= 0.3 is 0 Å². The summed E-state index contributed by atoms with van der Waals surface area (Å²) >= 11 is 0. The van der Waals surface area contributed by atoms with Gasteiger partial charge in [0.05, 0.1) is 8.80 Å². The van der Waals surface area contributed by atoms with Crippen molar-refractivity contribution in [3.05, 3.63) is 29.8 Å². The fraction of sp³-hybridized carbons (Fsp3) is 0.250. The van der Waals surface area contributed by atoms with E-state index in [2.05, 4.69) is 0 Å². The fourth-order valence-corrected chi connectivity index (χ4v) is 1.86. The third-order valence-electron chi connectivity index (χ3n) is 1.47. The summed E-state index contributed by atoms with van der Waals surface area (Å²) in [7, 11) is -0.800. The van der Waals surface area contributed by atoms with Gasteiger partial charge < -0.3 is 0 Å². The maximum atomic E-state index is 12.9. The van der Waals surface area contributed by atoms with Crippen LogP contribution in [-0.4, -0.2) is 8.80 Å². The molecule has 0 fully saturated rings. The summed E-state index contributed by atoms with van der Waals surface area (Å²) in [5.41, 5.74) is 0. The highest BCUT2D eigenvalue weighted by molar-refractivity contribution is 6.70. The summed E-state index contributed by atoms with van der Waals surface area (Å²) in [6, 6.07) is 3.77. The topological polar surface area (TPSA) is 0 Å². The summed E-state index contributed by atoms with van der Waals surface area (Å²) in [6.07, 6.45) is 0. The van der Waals surface area contributed by atoms with E-state index in [1.165, 1.54) is 12.1 Å². The third-order valence-corrected chi connectivity index (χ3v) is 2.95.